The molecule has 0 spiro atoms. The number of benzene rings is 1. The Hall–Kier alpha value is -2.24. The summed E-state index contributed by atoms with van der Waals surface area (Å²) in [5.41, 5.74) is 2.06. The maximum Gasteiger partial charge on any atom is 0.276 e. The average molecular weight is 328 g/mol. The number of nitrogens with zero attached hydrogens (tertiary/aromatic N) is 4. The molecule has 2 saturated carbocycles. The molecule has 2 aliphatic carbocycles. The van der Waals surface area contributed by atoms with Crippen LogP contribution in [0.25, 0.3) is 5.69 Å². The molecule has 1 amide bonds. The summed E-state index contributed by atoms with van der Waals surface area (Å²) in [6.45, 7) is 0.784. The summed E-state index contributed by atoms with van der Waals surface area (Å²) in [6, 6.07) is 6.14. The fourth-order valence-electron chi connectivity index (χ4n) is 3.26. The summed E-state index contributed by atoms with van der Waals surface area (Å²) >= 11 is 0. The summed E-state index contributed by atoms with van der Waals surface area (Å²) in [6.07, 6.45) is 5.76. The van der Waals surface area contributed by atoms with Crippen LogP contribution < -0.4 is 0 Å². The number of carbonyl (C=O) groups excluding carboxylic acids is 1. The minimum absolute atomic E-state index is 0.0582. The molecule has 24 heavy (non-hydrogen) atoms. The lowest BCUT2D eigenvalue weighted by Gasteiger charge is -2.29. The molecule has 2 aromatic rings. The Kier molecular flexibility index (Phi) is 3.82. The largest absolute Gasteiger partial charge is 0.340 e. The van der Waals surface area contributed by atoms with E-state index < -0.39 is 0 Å². The smallest absolute Gasteiger partial charge is 0.276 e. The van der Waals surface area contributed by atoms with Crippen molar-refractivity contribution in [2.75, 3.05) is 13.6 Å². The molecule has 1 heterocycles. The number of carbonyl (C=O) groups is 1. The van der Waals surface area contributed by atoms with Crippen molar-refractivity contribution in [1.82, 2.24) is 19.9 Å². The van der Waals surface area contributed by atoms with Crippen molar-refractivity contribution in [2.24, 2.45) is 5.92 Å². The van der Waals surface area contributed by atoms with Crippen LogP contribution in [0.5, 0.6) is 0 Å². The predicted octanol–water partition coefficient (Wildman–Crippen LogP) is 3.16. The van der Waals surface area contributed by atoms with Crippen molar-refractivity contribution in [3.63, 3.8) is 0 Å². The third-order valence-electron chi connectivity index (χ3n) is 5.05. The van der Waals surface area contributed by atoms with Gasteiger partial charge in [0, 0.05) is 19.5 Å². The van der Waals surface area contributed by atoms with Crippen LogP contribution in [0.2, 0.25) is 0 Å². The second-order valence-corrected chi connectivity index (χ2v) is 6.97. The van der Waals surface area contributed by atoms with Gasteiger partial charge in [-0.2, -0.15) is 0 Å². The van der Waals surface area contributed by atoms with E-state index in [1.807, 2.05) is 7.05 Å². The van der Waals surface area contributed by atoms with Crippen molar-refractivity contribution in [1.29, 1.82) is 0 Å². The molecular weight excluding hydrogens is 307 g/mol. The molecule has 1 aromatic heterocycles. The highest BCUT2D eigenvalue weighted by Gasteiger charge is 2.35. The van der Waals surface area contributed by atoms with Gasteiger partial charge in [-0.1, -0.05) is 11.6 Å². The number of aromatic nitrogens is 3. The lowest BCUT2D eigenvalue weighted by molar-refractivity contribution is 0.0738. The van der Waals surface area contributed by atoms with Gasteiger partial charge in [0.25, 0.3) is 5.91 Å². The van der Waals surface area contributed by atoms with Crippen molar-refractivity contribution in [3.05, 3.63) is 41.5 Å². The number of amides is 1. The van der Waals surface area contributed by atoms with Crippen LogP contribution in [0.15, 0.2) is 24.3 Å². The third kappa shape index (κ3) is 2.81. The van der Waals surface area contributed by atoms with Crippen LogP contribution in [0.1, 0.15) is 54.2 Å². The maximum absolute atomic E-state index is 13.2. The van der Waals surface area contributed by atoms with Gasteiger partial charge in [-0.25, -0.2) is 9.07 Å². The van der Waals surface area contributed by atoms with Gasteiger partial charge in [-0.15, -0.1) is 5.10 Å². The predicted molar refractivity (Wildman–Crippen MR) is 87.6 cm³/mol. The Morgan fingerprint density at radius 2 is 1.96 bits per heavy atom. The van der Waals surface area contributed by atoms with Gasteiger partial charge in [0.15, 0.2) is 5.69 Å². The van der Waals surface area contributed by atoms with Crippen LogP contribution in [0.3, 0.4) is 0 Å². The first-order valence-corrected chi connectivity index (χ1v) is 8.60. The van der Waals surface area contributed by atoms with Crippen LogP contribution in [-0.4, -0.2) is 39.4 Å². The van der Waals surface area contributed by atoms with E-state index in [0.717, 1.165) is 30.8 Å². The zero-order valence-corrected chi connectivity index (χ0v) is 13.8. The highest BCUT2D eigenvalue weighted by atomic mass is 19.1. The third-order valence-corrected chi connectivity index (χ3v) is 5.05. The molecule has 0 aliphatic heterocycles. The molecule has 0 radical (unpaired) electrons. The first kappa shape index (κ1) is 15.3. The van der Waals surface area contributed by atoms with E-state index >= 15 is 0 Å². The van der Waals surface area contributed by atoms with Gasteiger partial charge < -0.3 is 4.90 Å². The fourth-order valence-corrected chi connectivity index (χ4v) is 3.26. The van der Waals surface area contributed by atoms with Gasteiger partial charge in [-0.05, 0) is 55.9 Å². The molecule has 6 heteroatoms. The van der Waals surface area contributed by atoms with E-state index in [2.05, 4.69) is 10.3 Å². The van der Waals surface area contributed by atoms with Gasteiger partial charge in [0.1, 0.15) is 5.82 Å². The first-order chi connectivity index (χ1) is 11.6. The van der Waals surface area contributed by atoms with E-state index in [1.165, 1.54) is 31.4 Å². The second kappa shape index (κ2) is 6.00. The quantitative estimate of drug-likeness (QED) is 0.847. The summed E-state index contributed by atoms with van der Waals surface area (Å²) < 4.78 is 14.9. The monoisotopic (exact) mass is 328 g/mol. The summed E-state index contributed by atoms with van der Waals surface area (Å²) in [4.78, 5) is 14.6. The average Bonchev–Trinajstić information content (AvgIpc) is 3.29. The molecule has 0 saturated heterocycles. The van der Waals surface area contributed by atoms with Crippen molar-refractivity contribution < 1.29 is 9.18 Å². The van der Waals surface area contributed by atoms with Crippen molar-refractivity contribution in [3.8, 4) is 5.69 Å². The number of hydrogen-bond acceptors (Lipinski definition) is 3. The Morgan fingerprint density at radius 1 is 1.25 bits per heavy atom. The fraction of sp³-hybridized carbons (Fsp3) is 0.500. The number of rotatable bonds is 5. The Labute approximate surface area is 140 Å². The van der Waals surface area contributed by atoms with Crippen LogP contribution in [0, 0.1) is 11.7 Å². The first-order valence-electron chi connectivity index (χ1n) is 8.60. The van der Waals surface area contributed by atoms with Crippen LogP contribution in [-0.2, 0) is 0 Å². The Balaban J connectivity index is 1.63. The molecule has 1 aromatic carbocycles. The Bertz CT molecular complexity index is 747. The lowest BCUT2D eigenvalue weighted by atomic mass is 9.85. The molecule has 5 nitrogen and oxygen atoms in total. The summed E-state index contributed by atoms with van der Waals surface area (Å²) in [5.74, 6) is 0.595. The van der Waals surface area contributed by atoms with E-state index in [-0.39, 0.29) is 11.7 Å². The minimum atomic E-state index is -0.289. The molecule has 0 atom stereocenters. The summed E-state index contributed by atoms with van der Waals surface area (Å²) in [5, 5.41) is 8.37. The second-order valence-electron chi connectivity index (χ2n) is 6.97. The van der Waals surface area contributed by atoms with Crippen molar-refractivity contribution in [2.45, 2.75) is 38.0 Å². The molecule has 2 aliphatic rings. The molecule has 126 valence electrons. The van der Waals surface area contributed by atoms with E-state index in [1.54, 1.807) is 21.7 Å². The van der Waals surface area contributed by atoms with Gasteiger partial charge in [0.05, 0.1) is 11.4 Å². The van der Waals surface area contributed by atoms with E-state index in [4.69, 9.17) is 0 Å². The molecular formula is C18H21FN4O. The van der Waals surface area contributed by atoms with Gasteiger partial charge in [0.2, 0.25) is 0 Å². The molecule has 0 N–H and O–H groups in total. The molecule has 0 bridgehead atoms. The zero-order valence-electron chi connectivity index (χ0n) is 13.8. The topological polar surface area (TPSA) is 51.0 Å². The Morgan fingerprint density at radius 3 is 2.54 bits per heavy atom. The van der Waals surface area contributed by atoms with Gasteiger partial charge in [-0.3, -0.25) is 4.79 Å². The van der Waals surface area contributed by atoms with Crippen LogP contribution >= 0.6 is 0 Å². The maximum atomic E-state index is 13.2. The van der Waals surface area contributed by atoms with E-state index in [0.29, 0.717) is 17.5 Å². The SMILES string of the molecule is CN(CC1CCC1)C(=O)c1nnn(-c2ccc(F)cc2)c1C1CC1. The van der Waals surface area contributed by atoms with Gasteiger partial charge >= 0.3 is 0 Å². The van der Waals surface area contributed by atoms with Crippen LogP contribution in [0.4, 0.5) is 4.39 Å². The minimum Gasteiger partial charge on any atom is -0.340 e. The highest BCUT2D eigenvalue weighted by molar-refractivity contribution is 5.93. The number of halogens is 1. The number of hydrogen-bond donors (Lipinski definition) is 0. The zero-order chi connectivity index (χ0) is 16.7. The molecule has 4 rings (SSSR count). The van der Waals surface area contributed by atoms with E-state index in [9.17, 15) is 9.18 Å². The normalized spacial score (nSPS) is 17.6. The molecule has 0 unspecified atom stereocenters. The standard InChI is InChI=1S/C18H21FN4O/c1-22(11-12-3-2-4-12)18(24)16-17(13-5-6-13)23(21-20-16)15-9-7-14(19)8-10-15/h7-10,12-13H,2-6,11H2,1H3. The molecule has 2 fully saturated rings. The summed E-state index contributed by atoms with van der Waals surface area (Å²) in [7, 11) is 1.84. The van der Waals surface area contributed by atoms with Crippen molar-refractivity contribution >= 4 is 5.91 Å². The lowest BCUT2D eigenvalue weighted by Crippen LogP contribution is -2.35. The highest BCUT2D eigenvalue weighted by Crippen LogP contribution is 2.42.